The summed E-state index contributed by atoms with van der Waals surface area (Å²) in [7, 11) is 0. The minimum Gasteiger partial charge on any atom is -0.370 e. The molecule has 2 amide bonds. The van der Waals surface area contributed by atoms with Gasteiger partial charge in [0, 0.05) is 29.6 Å². The van der Waals surface area contributed by atoms with E-state index in [1.807, 2.05) is 24.3 Å². The number of carbonyl (C=O) groups excluding carboxylic acids is 2. The van der Waals surface area contributed by atoms with Crippen molar-refractivity contribution in [2.24, 2.45) is 0 Å². The van der Waals surface area contributed by atoms with E-state index in [0.717, 1.165) is 12.0 Å². The van der Waals surface area contributed by atoms with E-state index in [0.29, 0.717) is 54.0 Å². The molecule has 0 aromatic heterocycles. The highest BCUT2D eigenvalue weighted by Crippen LogP contribution is 2.31. The molecule has 0 saturated carbocycles. The van der Waals surface area contributed by atoms with Crippen LogP contribution in [0.15, 0.2) is 42.5 Å². The monoisotopic (exact) mass is 418 g/mol. The van der Waals surface area contributed by atoms with Gasteiger partial charge in [-0.25, -0.2) is 0 Å². The minimum atomic E-state index is -0.209. The standard InChI is InChI=1S/C21H20Cl2N2O3/c22-15-5-3-14(4-6-15)19-13-24(10-11-28-19)21(27)17-8-7-16(23)12-18(17)25-9-1-2-20(25)26/h3-8,12,19H,1-2,9-11,13H2. The van der Waals surface area contributed by atoms with Gasteiger partial charge in [0.05, 0.1) is 24.4 Å². The van der Waals surface area contributed by atoms with Crippen molar-refractivity contribution in [3.63, 3.8) is 0 Å². The van der Waals surface area contributed by atoms with Gasteiger partial charge in [0.15, 0.2) is 0 Å². The Labute approximate surface area is 173 Å². The van der Waals surface area contributed by atoms with Crippen molar-refractivity contribution in [2.45, 2.75) is 18.9 Å². The first kappa shape index (κ1) is 19.2. The number of nitrogens with zero attached hydrogens (tertiary/aromatic N) is 2. The number of hydrogen-bond donors (Lipinski definition) is 0. The average molecular weight is 419 g/mol. The van der Waals surface area contributed by atoms with E-state index in [4.69, 9.17) is 27.9 Å². The summed E-state index contributed by atoms with van der Waals surface area (Å²) in [5.41, 5.74) is 2.07. The van der Waals surface area contributed by atoms with Gasteiger partial charge < -0.3 is 14.5 Å². The highest BCUT2D eigenvalue weighted by molar-refractivity contribution is 6.31. The second-order valence-electron chi connectivity index (χ2n) is 6.97. The zero-order valence-electron chi connectivity index (χ0n) is 15.2. The third-order valence-corrected chi connectivity index (χ3v) is 5.64. The van der Waals surface area contributed by atoms with Gasteiger partial charge in [-0.1, -0.05) is 35.3 Å². The molecule has 1 atom stereocenters. The Morgan fingerprint density at radius 1 is 1.04 bits per heavy atom. The maximum atomic E-state index is 13.3. The first-order valence-corrected chi connectivity index (χ1v) is 10.0. The third kappa shape index (κ3) is 3.88. The van der Waals surface area contributed by atoms with Gasteiger partial charge in [-0.2, -0.15) is 0 Å². The molecule has 2 aromatic rings. The summed E-state index contributed by atoms with van der Waals surface area (Å²) < 4.78 is 5.86. The van der Waals surface area contributed by atoms with E-state index >= 15 is 0 Å². The molecule has 0 bridgehead atoms. The molecule has 5 nitrogen and oxygen atoms in total. The molecule has 2 aliphatic heterocycles. The number of morpholine rings is 1. The Morgan fingerprint density at radius 3 is 2.50 bits per heavy atom. The fraction of sp³-hybridized carbons (Fsp3) is 0.333. The molecular formula is C21H20Cl2N2O3. The van der Waals surface area contributed by atoms with Crippen molar-refractivity contribution in [1.29, 1.82) is 0 Å². The van der Waals surface area contributed by atoms with E-state index in [9.17, 15) is 9.59 Å². The van der Waals surface area contributed by atoms with Crippen molar-refractivity contribution in [3.05, 3.63) is 63.6 Å². The first-order valence-electron chi connectivity index (χ1n) is 9.29. The number of rotatable bonds is 3. The van der Waals surface area contributed by atoms with Crippen molar-refractivity contribution in [2.75, 3.05) is 31.1 Å². The lowest BCUT2D eigenvalue weighted by molar-refractivity contribution is -0.117. The SMILES string of the molecule is O=C(c1ccc(Cl)cc1N1CCCC1=O)N1CCOC(c2ccc(Cl)cc2)C1. The Kier molecular flexibility index (Phi) is 5.58. The maximum absolute atomic E-state index is 13.3. The lowest BCUT2D eigenvalue weighted by atomic mass is 10.1. The number of halogens is 2. The number of anilines is 1. The molecule has 4 rings (SSSR count). The molecule has 2 heterocycles. The molecule has 0 aliphatic carbocycles. The van der Waals surface area contributed by atoms with Crippen LogP contribution in [-0.4, -0.2) is 43.0 Å². The van der Waals surface area contributed by atoms with Crippen LogP contribution in [-0.2, 0) is 9.53 Å². The summed E-state index contributed by atoms with van der Waals surface area (Å²) in [5, 5.41) is 1.17. The van der Waals surface area contributed by atoms with Crippen LogP contribution in [0.4, 0.5) is 5.69 Å². The van der Waals surface area contributed by atoms with Crippen LogP contribution in [0.2, 0.25) is 10.0 Å². The topological polar surface area (TPSA) is 49.9 Å². The van der Waals surface area contributed by atoms with Crippen LogP contribution >= 0.6 is 23.2 Å². The van der Waals surface area contributed by atoms with Crippen LogP contribution in [0.1, 0.15) is 34.9 Å². The summed E-state index contributed by atoms with van der Waals surface area (Å²) in [6.07, 6.45) is 1.07. The Bertz CT molecular complexity index is 901. The van der Waals surface area contributed by atoms with Gasteiger partial charge in [-0.15, -0.1) is 0 Å². The quantitative estimate of drug-likeness (QED) is 0.744. The number of benzene rings is 2. The number of hydrogen-bond acceptors (Lipinski definition) is 3. The Balaban J connectivity index is 1.59. The lowest BCUT2D eigenvalue weighted by Gasteiger charge is -2.34. The zero-order valence-corrected chi connectivity index (χ0v) is 16.7. The third-order valence-electron chi connectivity index (χ3n) is 5.15. The fourth-order valence-corrected chi connectivity index (χ4v) is 3.99. The Hall–Kier alpha value is -2.08. The predicted molar refractivity (Wildman–Crippen MR) is 109 cm³/mol. The van der Waals surface area contributed by atoms with Crippen molar-refractivity contribution in [1.82, 2.24) is 4.90 Å². The lowest BCUT2D eigenvalue weighted by Crippen LogP contribution is -2.42. The number of carbonyl (C=O) groups is 2. The van der Waals surface area contributed by atoms with Crippen LogP contribution < -0.4 is 4.90 Å². The van der Waals surface area contributed by atoms with Crippen molar-refractivity contribution < 1.29 is 14.3 Å². The number of ether oxygens (including phenoxy) is 1. The minimum absolute atomic E-state index is 0.0253. The Morgan fingerprint density at radius 2 is 1.79 bits per heavy atom. The highest BCUT2D eigenvalue weighted by Gasteiger charge is 2.31. The molecule has 146 valence electrons. The van der Waals surface area contributed by atoms with Gasteiger partial charge in [0.2, 0.25) is 5.91 Å². The smallest absolute Gasteiger partial charge is 0.256 e. The first-order chi connectivity index (χ1) is 13.5. The van der Waals surface area contributed by atoms with Crippen LogP contribution in [0, 0.1) is 0 Å². The molecular weight excluding hydrogens is 399 g/mol. The summed E-state index contributed by atoms with van der Waals surface area (Å²) in [5.74, 6) is -0.0917. The van der Waals surface area contributed by atoms with E-state index < -0.39 is 0 Å². The van der Waals surface area contributed by atoms with Gasteiger partial charge in [0.1, 0.15) is 6.10 Å². The highest BCUT2D eigenvalue weighted by atomic mass is 35.5. The zero-order chi connectivity index (χ0) is 19.7. The number of amides is 2. The van der Waals surface area contributed by atoms with Gasteiger partial charge >= 0.3 is 0 Å². The van der Waals surface area contributed by atoms with E-state index in [1.54, 1.807) is 28.0 Å². The molecule has 0 N–H and O–H groups in total. The van der Waals surface area contributed by atoms with Crippen LogP contribution in [0.3, 0.4) is 0 Å². The summed E-state index contributed by atoms with van der Waals surface area (Å²) in [4.78, 5) is 29.0. The molecule has 2 aliphatic rings. The predicted octanol–water partition coefficient (Wildman–Crippen LogP) is 4.33. The molecule has 0 radical (unpaired) electrons. The summed E-state index contributed by atoms with van der Waals surface area (Å²) >= 11 is 12.1. The molecule has 2 aromatic carbocycles. The summed E-state index contributed by atoms with van der Waals surface area (Å²) in [6.45, 7) is 2.00. The van der Waals surface area contributed by atoms with Gasteiger partial charge in [-0.05, 0) is 42.3 Å². The molecule has 7 heteroatoms. The molecule has 28 heavy (non-hydrogen) atoms. The van der Waals surface area contributed by atoms with E-state index in [2.05, 4.69) is 0 Å². The second kappa shape index (κ2) is 8.11. The van der Waals surface area contributed by atoms with E-state index in [-0.39, 0.29) is 17.9 Å². The van der Waals surface area contributed by atoms with Crippen molar-refractivity contribution in [3.8, 4) is 0 Å². The van der Waals surface area contributed by atoms with E-state index in [1.165, 1.54) is 0 Å². The largest absolute Gasteiger partial charge is 0.370 e. The second-order valence-corrected chi connectivity index (χ2v) is 7.85. The van der Waals surface area contributed by atoms with Gasteiger partial charge in [0.25, 0.3) is 5.91 Å². The summed E-state index contributed by atoms with van der Waals surface area (Å²) in [6, 6.07) is 12.6. The van der Waals surface area contributed by atoms with Crippen LogP contribution in [0.5, 0.6) is 0 Å². The maximum Gasteiger partial charge on any atom is 0.256 e. The van der Waals surface area contributed by atoms with Crippen molar-refractivity contribution >= 4 is 40.7 Å². The fourth-order valence-electron chi connectivity index (χ4n) is 3.69. The van der Waals surface area contributed by atoms with Gasteiger partial charge in [-0.3, -0.25) is 9.59 Å². The molecule has 0 spiro atoms. The normalized spacial score (nSPS) is 19.9. The van der Waals surface area contributed by atoms with Crippen LogP contribution in [0.25, 0.3) is 0 Å². The molecule has 1 unspecified atom stereocenters. The molecule has 2 saturated heterocycles. The molecule has 2 fully saturated rings. The average Bonchev–Trinajstić information content (AvgIpc) is 3.14.